The molecule has 1 fully saturated rings. The van der Waals surface area contributed by atoms with Crippen LogP contribution in [0.1, 0.15) is 13.8 Å². The maximum absolute atomic E-state index is 11.2. The van der Waals surface area contributed by atoms with Gasteiger partial charge in [-0.25, -0.2) is 8.42 Å². The van der Waals surface area contributed by atoms with Crippen LogP contribution in [0.25, 0.3) is 0 Å². The fourth-order valence-corrected chi connectivity index (χ4v) is 2.88. The van der Waals surface area contributed by atoms with E-state index in [0.717, 1.165) is 13.1 Å². The predicted octanol–water partition coefficient (Wildman–Crippen LogP) is -0.285. The molecule has 0 bridgehead atoms. The lowest BCUT2D eigenvalue weighted by molar-refractivity contribution is 0.222. The van der Waals surface area contributed by atoms with Crippen molar-refractivity contribution in [1.82, 2.24) is 10.2 Å². The minimum Gasteiger partial charge on any atom is -0.315 e. The second kappa shape index (κ2) is 5.09. The summed E-state index contributed by atoms with van der Waals surface area (Å²) in [5.41, 5.74) is 0. The Kier molecular flexibility index (Phi) is 4.34. The summed E-state index contributed by atoms with van der Waals surface area (Å²) >= 11 is 0. The average molecular weight is 220 g/mol. The average Bonchev–Trinajstić information content (AvgIpc) is 2.14. The van der Waals surface area contributed by atoms with Crippen LogP contribution in [-0.4, -0.2) is 57.0 Å². The van der Waals surface area contributed by atoms with Crippen LogP contribution in [0.4, 0.5) is 0 Å². The molecule has 0 aromatic rings. The van der Waals surface area contributed by atoms with Crippen LogP contribution in [0.2, 0.25) is 0 Å². The molecule has 0 radical (unpaired) electrons. The SMILES string of the molecule is CCNCC(C)N1CCS(=O)(=O)CC1. The zero-order valence-corrected chi connectivity index (χ0v) is 9.81. The lowest BCUT2D eigenvalue weighted by atomic mass is 10.2. The minimum atomic E-state index is -2.73. The van der Waals surface area contributed by atoms with Crippen LogP contribution in [0.15, 0.2) is 0 Å². The topological polar surface area (TPSA) is 49.4 Å². The van der Waals surface area contributed by atoms with Gasteiger partial charge in [-0.3, -0.25) is 4.90 Å². The van der Waals surface area contributed by atoms with E-state index in [-0.39, 0.29) is 0 Å². The Hall–Kier alpha value is -0.130. The molecule has 0 aromatic carbocycles. The third-order valence-corrected chi connectivity index (χ3v) is 4.30. The summed E-state index contributed by atoms with van der Waals surface area (Å²) in [6.07, 6.45) is 0. The van der Waals surface area contributed by atoms with E-state index < -0.39 is 9.84 Å². The Morgan fingerprint density at radius 3 is 2.43 bits per heavy atom. The third kappa shape index (κ3) is 3.55. The van der Waals surface area contributed by atoms with Gasteiger partial charge in [0.05, 0.1) is 11.5 Å². The van der Waals surface area contributed by atoms with Crippen LogP contribution in [0, 0.1) is 0 Å². The lowest BCUT2D eigenvalue weighted by Crippen LogP contribution is -2.48. The third-order valence-electron chi connectivity index (χ3n) is 2.69. The monoisotopic (exact) mass is 220 g/mol. The van der Waals surface area contributed by atoms with E-state index >= 15 is 0 Å². The molecule has 0 saturated carbocycles. The summed E-state index contributed by atoms with van der Waals surface area (Å²) in [6, 6.07) is 0.436. The van der Waals surface area contributed by atoms with Gasteiger partial charge < -0.3 is 5.32 Å². The molecule has 84 valence electrons. The first-order valence-corrected chi connectivity index (χ1v) is 7.02. The van der Waals surface area contributed by atoms with Crippen LogP contribution < -0.4 is 5.32 Å². The molecule has 1 aliphatic heterocycles. The van der Waals surface area contributed by atoms with E-state index in [1.54, 1.807) is 0 Å². The van der Waals surface area contributed by atoms with Crippen LogP contribution in [0.5, 0.6) is 0 Å². The molecule has 4 nitrogen and oxygen atoms in total. The van der Waals surface area contributed by atoms with Crippen molar-refractivity contribution < 1.29 is 8.42 Å². The number of rotatable bonds is 4. The summed E-state index contributed by atoms with van der Waals surface area (Å²) in [6.45, 7) is 7.50. The van der Waals surface area contributed by atoms with Gasteiger partial charge in [0, 0.05) is 25.7 Å². The summed E-state index contributed by atoms with van der Waals surface area (Å²) < 4.78 is 22.4. The first kappa shape index (κ1) is 11.9. The van der Waals surface area contributed by atoms with E-state index in [1.165, 1.54) is 0 Å². The number of hydrogen-bond donors (Lipinski definition) is 1. The predicted molar refractivity (Wildman–Crippen MR) is 58.2 cm³/mol. The highest BCUT2D eigenvalue weighted by atomic mass is 32.2. The summed E-state index contributed by atoms with van der Waals surface area (Å²) in [5.74, 6) is 0.646. The van der Waals surface area contributed by atoms with Gasteiger partial charge in [0.25, 0.3) is 0 Å². The second-order valence-electron chi connectivity index (χ2n) is 3.84. The van der Waals surface area contributed by atoms with Crippen molar-refractivity contribution in [1.29, 1.82) is 0 Å². The van der Waals surface area contributed by atoms with Gasteiger partial charge in [-0.15, -0.1) is 0 Å². The van der Waals surface area contributed by atoms with E-state index in [0.29, 0.717) is 30.6 Å². The Bertz CT molecular complexity index is 250. The van der Waals surface area contributed by atoms with Crippen molar-refractivity contribution in [2.24, 2.45) is 0 Å². The Morgan fingerprint density at radius 2 is 1.93 bits per heavy atom. The molecular weight excluding hydrogens is 200 g/mol. The molecule has 1 aliphatic rings. The number of hydrogen-bond acceptors (Lipinski definition) is 4. The largest absolute Gasteiger partial charge is 0.315 e. The first-order valence-electron chi connectivity index (χ1n) is 5.20. The zero-order valence-electron chi connectivity index (χ0n) is 8.99. The molecule has 14 heavy (non-hydrogen) atoms. The molecule has 1 unspecified atom stereocenters. The van der Waals surface area contributed by atoms with Crippen molar-refractivity contribution in [3.63, 3.8) is 0 Å². The van der Waals surface area contributed by atoms with Crippen molar-refractivity contribution in [2.45, 2.75) is 19.9 Å². The molecule has 5 heteroatoms. The maximum Gasteiger partial charge on any atom is 0.152 e. The standard InChI is InChI=1S/C9H20N2O2S/c1-3-10-8-9(2)11-4-6-14(12,13)7-5-11/h9-10H,3-8H2,1-2H3. The summed E-state index contributed by atoms with van der Waals surface area (Å²) in [4.78, 5) is 2.24. The number of nitrogens with zero attached hydrogens (tertiary/aromatic N) is 1. The Balaban J connectivity index is 2.34. The van der Waals surface area contributed by atoms with Crippen LogP contribution >= 0.6 is 0 Å². The van der Waals surface area contributed by atoms with E-state index in [4.69, 9.17) is 0 Å². The van der Waals surface area contributed by atoms with Crippen molar-refractivity contribution >= 4 is 9.84 Å². The Morgan fingerprint density at radius 1 is 1.36 bits per heavy atom. The lowest BCUT2D eigenvalue weighted by Gasteiger charge is -2.32. The molecule has 1 N–H and O–H groups in total. The highest BCUT2D eigenvalue weighted by Gasteiger charge is 2.24. The van der Waals surface area contributed by atoms with E-state index in [1.807, 2.05) is 0 Å². The van der Waals surface area contributed by atoms with E-state index in [2.05, 4.69) is 24.1 Å². The van der Waals surface area contributed by atoms with Gasteiger partial charge in [-0.2, -0.15) is 0 Å². The minimum absolute atomic E-state index is 0.323. The smallest absolute Gasteiger partial charge is 0.152 e. The molecule has 1 atom stereocenters. The Labute approximate surface area is 86.6 Å². The molecule has 0 aliphatic carbocycles. The van der Waals surface area contributed by atoms with Gasteiger partial charge in [-0.05, 0) is 13.5 Å². The van der Waals surface area contributed by atoms with Crippen molar-refractivity contribution in [2.75, 3.05) is 37.7 Å². The number of likely N-dealkylation sites (N-methyl/N-ethyl adjacent to an activating group) is 1. The molecule has 0 aromatic heterocycles. The van der Waals surface area contributed by atoms with Crippen molar-refractivity contribution in [3.8, 4) is 0 Å². The molecule has 1 rings (SSSR count). The van der Waals surface area contributed by atoms with E-state index in [9.17, 15) is 8.42 Å². The number of nitrogens with one attached hydrogen (secondary N) is 1. The van der Waals surface area contributed by atoms with Gasteiger partial charge in [0.1, 0.15) is 0 Å². The zero-order chi connectivity index (χ0) is 10.6. The van der Waals surface area contributed by atoms with Gasteiger partial charge in [0.15, 0.2) is 9.84 Å². The van der Waals surface area contributed by atoms with Gasteiger partial charge >= 0.3 is 0 Å². The fraction of sp³-hybridized carbons (Fsp3) is 1.00. The quantitative estimate of drug-likeness (QED) is 0.707. The number of sulfone groups is 1. The molecular formula is C9H20N2O2S. The normalized spacial score (nSPS) is 24.7. The molecule has 1 heterocycles. The van der Waals surface area contributed by atoms with Crippen LogP contribution in [-0.2, 0) is 9.84 Å². The molecule has 0 spiro atoms. The van der Waals surface area contributed by atoms with Gasteiger partial charge in [-0.1, -0.05) is 6.92 Å². The summed E-state index contributed by atoms with van der Waals surface area (Å²) in [5, 5.41) is 3.27. The highest BCUT2D eigenvalue weighted by molar-refractivity contribution is 7.91. The molecule has 1 saturated heterocycles. The van der Waals surface area contributed by atoms with Crippen LogP contribution in [0.3, 0.4) is 0 Å². The fourth-order valence-electron chi connectivity index (χ4n) is 1.65. The van der Waals surface area contributed by atoms with Crippen molar-refractivity contribution in [3.05, 3.63) is 0 Å². The molecule has 0 amide bonds. The second-order valence-corrected chi connectivity index (χ2v) is 6.15. The first-order chi connectivity index (χ1) is 6.55. The highest BCUT2D eigenvalue weighted by Crippen LogP contribution is 2.07. The van der Waals surface area contributed by atoms with Gasteiger partial charge in [0.2, 0.25) is 0 Å². The summed E-state index contributed by atoms with van der Waals surface area (Å²) in [7, 11) is -2.73. The maximum atomic E-state index is 11.2.